The monoisotopic (exact) mass is 209 g/mol. The van der Waals surface area contributed by atoms with E-state index < -0.39 is 0 Å². The van der Waals surface area contributed by atoms with E-state index in [1.54, 1.807) is 12.3 Å². The van der Waals surface area contributed by atoms with Crippen molar-refractivity contribution in [3.8, 4) is 0 Å². The van der Waals surface area contributed by atoms with E-state index in [0.717, 1.165) is 11.3 Å². The molecule has 2 unspecified atom stereocenters. The van der Waals surface area contributed by atoms with Crippen molar-refractivity contribution in [3.05, 3.63) is 29.6 Å². The number of aromatic nitrogens is 1. The Morgan fingerprint density at radius 2 is 2.40 bits per heavy atom. The zero-order chi connectivity index (χ0) is 10.7. The molecule has 0 radical (unpaired) electrons. The molecule has 0 bridgehead atoms. The average molecular weight is 209 g/mol. The summed E-state index contributed by atoms with van der Waals surface area (Å²) in [4.78, 5) is 4.20. The number of rotatable bonds is 2. The summed E-state index contributed by atoms with van der Waals surface area (Å²) in [5.41, 5.74) is 1.61. The highest BCUT2D eigenvalue weighted by molar-refractivity contribution is 5.17. The maximum absolute atomic E-state index is 9.51. The lowest BCUT2D eigenvalue weighted by Gasteiger charge is -2.26. The highest BCUT2D eigenvalue weighted by Crippen LogP contribution is 2.26. The molecule has 4 heteroatoms. The van der Waals surface area contributed by atoms with Crippen LogP contribution in [0.1, 0.15) is 30.2 Å². The molecular weight excluding hydrogens is 194 g/mol. The van der Waals surface area contributed by atoms with E-state index in [1.807, 2.05) is 6.07 Å². The lowest BCUT2D eigenvalue weighted by molar-refractivity contribution is -0.0466. The number of nitrogens with zero attached hydrogens (tertiary/aromatic N) is 1. The Bertz CT molecular complexity index is 329. The quantitative estimate of drug-likeness (QED) is 0.755. The minimum absolute atomic E-state index is 0.00476. The largest absolute Gasteiger partial charge is 0.393 e. The summed E-state index contributed by atoms with van der Waals surface area (Å²) < 4.78 is 5.53. The van der Waals surface area contributed by atoms with Crippen LogP contribution >= 0.6 is 0 Å². The fourth-order valence-corrected chi connectivity index (χ4v) is 1.75. The number of aliphatic hydroxyl groups is 2. The Morgan fingerprint density at radius 1 is 1.53 bits per heavy atom. The molecule has 15 heavy (non-hydrogen) atoms. The van der Waals surface area contributed by atoms with Gasteiger partial charge in [-0.2, -0.15) is 0 Å². The van der Waals surface area contributed by atoms with Crippen LogP contribution in [0.25, 0.3) is 0 Å². The molecule has 1 aromatic rings. The minimum Gasteiger partial charge on any atom is -0.393 e. The molecule has 1 fully saturated rings. The van der Waals surface area contributed by atoms with E-state index in [0.29, 0.717) is 19.4 Å². The van der Waals surface area contributed by atoms with Crippen LogP contribution in [0.3, 0.4) is 0 Å². The third-order valence-electron chi connectivity index (χ3n) is 2.61. The van der Waals surface area contributed by atoms with Gasteiger partial charge in [0, 0.05) is 19.2 Å². The summed E-state index contributed by atoms with van der Waals surface area (Å²) >= 11 is 0. The van der Waals surface area contributed by atoms with Gasteiger partial charge in [0.1, 0.15) is 6.10 Å². The van der Waals surface area contributed by atoms with Crippen LogP contribution < -0.4 is 0 Å². The summed E-state index contributed by atoms with van der Waals surface area (Å²) in [7, 11) is 0. The molecule has 0 spiro atoms. The SMILES string of the molecule is OCc1ccnc(C2CC(O)CCO2)c1. The fraction of sp³-hybridized carbons (Fsp3) is 0.545. The van der Waals surface area contributed by atoms with E-state index in [9.17, 15) is 5.11 Å². The summed E-state index contributed by atoms with van der Waals surface area (Å²) in [6, 6.07) is 3.59. The lowest BCUT2D eigenvalue weighted by Crippen LogP contribution is -2.24. The van der Waals surface area contributed by atoms with Gasteiger partial charge in [-0.3, -0.25) is 4.98 Å². The molecule has 1 saturated heterocycles. The van der Waals surface area contributed by atoms with Crippen LogP contribution in [0.5, 0.6) is 0 Å². The van der Waals surface area contributed by atoms with Gasteiger partial charge in [0.25, 0.3) is 0 Å². The predicted octanol–water partition coefficient (Wildman–Crippen LogP) is 0.786. The first-order valence-corrected chi connectivity index (χ1v) is 5.15. The van der Waals surface area contributed by atoms with E-state index in [4.69, 9.17) is 9.84 Å². The average Bonchev–Trinajstić information content (AvgIpc) is 2.29. The molecule has 0 aliphatic carbocycles. The zero-order valence-corrected chi connectivity index (χ0v) is 8.47. The summed E-state index contributed by atoms with van der Waals surface area (Å²) in [5.74, 6) is 0. The third-order valence-corrected chi connectivity index (χ3v) is 2.61. The van der Waals surface area contributed by atoms with Crippen LogP contribution in [0.4, 0.5) is 0 Å². The molecule has 2 rings (SSSR count). The van der Waals surface area contributed by atoms with Gasteiger partial charge < -0.3 is 14.9 Å². The minimum atomic E-state index is -0.302. The molecule has 4 nitrogen and oxygen atoms in total. The van der Waals surface area contributed by atoms with Gasteiger partial charge in [-0.15, -0.1) is 0 Å². The zero-order valence-electron chi connectivity index (χ0n) is 8.47. The van der Waals surface area contributed by atoms with Crippen molar-refractivity contribution in [2.24, 2.45) is 0 Å². The van der Waals surface area contributed by atoms with Gasteiger partial charge >= 0.3 is 0 Å². The van der Waals surface area contributed by atoms with Crippen LogP contribution in [0.15, 0.2) is 18.3 Å². The van der Waals surface area contributed by atoms with Crippen molar-refractivity contribution in [2.75, 3.05) is 6.61 Å². The van der Waals surface area contributed by atoms with Crippen LogP contribution in [0.2, 0.25) is 0 Å². The van der Waals surface area contributed by atoms with Gasteiger partial charge in [0.2, 0.25) is 0 Å². The van der Waals surface area contributed by atoms with Gasteiger partial charge in [-0.1, -0.05) is 0 Å². The second kappa shape index (κ2) is 4.70. The van der Waals surface area contributed by atoms with E-state index >= 15 is 0 Å². The molecule has 1 aromatic heterocycles. The first-order chi connectivity index (χ1) is 7.29. The molecule has 1 aliphatic rings. The normalized spacial score (nSPS) is 26.5. The van der Waals surface area contributed by atoms with E-state index in [2.05, 4.69) is 4.98 Å². The van der Waals surface area contributed by atoms with E-state index in [-0.39, 0.29) is 18.8 Å². The fourth-order valence-electron chi connectivity index (χ4n) is 1.75. The summed E-state index contributed by atoms with van der Waals surface area (Å²) in [6.45, 7) is 0.571. The first kappa shape index (κ1) is 10.5. The van der Waals surface area contributed by atoms with Crippen molar-refractivity contribution in [2.45, 2.75) is 31.7 Å². The second-order valence-electron chi connectivity index (χ2n) is 3.78. The number of hydrogen-bond donors (Lipinski definition) is 2. The summed E-state index contributed by atoms with van der Waals surface area (Å²) in [5, 5.41) is 18.5. The van der Waals surface area contributed by atoms with Gasteiger partial charge in [-0.05, 0) is 24.1 Å². The van der Waals surface area contributed by atoms with Crippen molar-refractivity contribution in [1.29, 1.82) is 0 Å². The molecule has 0 aromatic carbocycles. The van der Waals surface area contributed by atoms with Crippen molar-refractivity contribution in [3.63, 3.8) is 0 Å². The molecule has 2 atom stereocenters. The molecule has 2 heterocycles. The second-order valence-corrected chi connectivity index (χ2v) is 3.78. The van der Waals surface area contributed by atoms with E-state index in [1.165, 1.54) is 0 Å². The number of ether oxygens (including phenoxy) is 1. The maximum Gasteiger partial charge on any atom is 0.102 e. The van der Waals surface area contributed by atoms with Crippen LogP contribution in [-0.2, 0) is 11.3 Å². The van der Waals surface area contributed by atoms with Crippen molar-refractivity contribution < 1.29 is 14.9 Å². The summed E-state index contributed by atoms with van der Waals surface area (Å²) in [6.07, 6.45) is 2.49. The predicted molar refractivity (Wildman–Crippen MR) is 54.1 cm³/mol. The van der Waals surface area contributed by atoms with Crippen LogP contribution in [0, 0.1) is 0 Å². The standard InChI is InChI=1S/C11H15NO3/c13-7-8-1-3-12-10(5-8)11-6-9(14)2-4-15-11/h1,3,5,9,11,13-14H,2,4,6-7H2. The molecule has 2 N–H and O–H groups in total. The van der Waals surface area contributed by atoms with Gasteiger partial charge in [-0.25, -0.2) is 0 Å². The lowest BCUT2D eigenvalue weighted by atomic mass is 10.0. The first-order valence-electron chi connectivity index (χ1n) is 5.15. The Labute approximate surface area is 88.5 Å². The number of aliphatic hydroxyl groups excluding tert-OH is 2. The topological polar surface area (TPSA) is 62.6 Å². The molecular formula is C11H15NO3. The Morgan fingerprint density at radius 3 is 3.13 bits per heavy atom. The Balaban J connectivity index is 2.13. The smallest absolute Gasteiger partial charge is 0.102 e. The Hall–Kier alpha value is -0.970. The molecule has 1 aliphatic heterocycles. The van der Waals surface area contributed by atoms with Gasteiger partial charge in [0.15, 0.2) is 0 Å². The van der Waals surface area contributed by atoms with Crippen molar-refractivity contribution >= 4 is 0 Å². The third kappa shape index (κ3) is 2.53. The van der Waals surface area contributed by atoms with Crippen molar-refractivity contribution in [1.82, 2.24) is 4.98 Å². The Kier molecular flexibility index (Phi) is 3.30. The number of hydrogen-bond acceptors (Lipinski definition) is 4. The molecule has 0 amide bonds. The van der Waals surface area contributed by atoms with Crippen LogP contribution in [-0.4, -0.2) is 27.9 Å². The maximum atomic E-state index is 9.51. The number of pyridine rings is 1. The molecule has 82 valence electrons. The molecule has 0 saturated carbocycles. The highest BCUT2D eigenvalue weighted by Gasteiger charge is 2.23. The highest BCUT2D eigenvalue weighted by atomic mass is 16.5. The van der Waals surface area contributed by atoms with Gasteiger partial charge in [0.05, 0.1) is 18.4 Å².